The molecule has 0 unspecified atom stereocenters. The van der Waals surface area contributed by atoms with Crippen LogP contribution in [0.15, 0.2) is 71.6 Å². The van der Waals surface area contributed by atoms with Crippen molar-refractivity contribution in [2.45, 2.75) is 23.7 Å². The van der Waals surface area contributed by atoms with Crippen LogP contribution in [0.3, 0.4) is 0 Å². The first-order valence-electron chi connectivity index (χ1n) is 11.3. The molecule has 4 nitrogen and oxygen atoms in total. The summed E-state index contributed by atoms with van der Waals surface area (Å²) < 4.78 is 44.7. The zero-order valence-electron chi connectivity index (χ0n) is 19.6. The van der Waals surface area contributed by atoms with Crippen molar-refractivity contribution in [3.63, 3.8) is 0 Å². The topological polar surface area (TPSA) is 32.8 Å². The standard InChI is InChI=1S/C27H27F3N2O2S/c1-19-6-9-24(10-7-19)35-18-21-16-20(8-11-25(21)34-2)26(33)32-14-12-31(13-15-32)23-5-3-4-22(17-23)27(28,29)30/h3-11,16-17H,12-15,18H2,1-2H3. The van der Waals surface area contributed by atoms with E-state index in [9.17, 15) is 18.0 Å². The minimum atomic E-state index is -4.38. The summed E-state index contributed by atoms with van der Waals surface area (Å²) in [7, 11) is 1.61. The highest BCUT2D eigenvalue weighted by Crippen LogP contribution is 2.32. The largest absolute Gasteiger partial charge is 0.496 e. The first kappa shape index (κ1) is 25.0. The van der Waals surface area contributed by atoms with Gasteiger partial charge < -0.3 is 14.5 Å². The minimum Gasteiger partial charge on any atom is -0.496 e. The molecule has 1 amide bonds. The van der Waals surface area contributed by atoms with Crippen molar-refractivity contribution >= 4 is 23.4 Å². The fourth-order valence-electron chi connectivity index (χ4n) is 4.05. The molecule has 0 N–H and O–H groups in total. The number of aryl methyl sites for hydroxylation is 1. The summed E-state index contributed by atoms with van der Waals surface area (Å²) in [6.45, 7) is 3.87. The lowest BCUT2D eigenvalue weighted by Gasteiger charge is -2.36. The van der Waals surface area contributed by atoms with Crippen molar-refractivity contribution in [3.8, 4) is 5.75 Å². The van der Waals surface area contributed by atoms with E-state index in [1.165, 1.54) is 17.7 Å². The van der Waals surface area contributed by atoms with Crippen LogP contribution < -0.4 is 9.64 Å². The maximum Gasteiger partial charge on any atom is 0.416 e. The molecule has 1 saturated heterocycles. The van der Waals surface area contributed by atoms with Crippen molar-refractivity contribution in [1.29, 1.82) is 0 Å². The van der Waals surface area contributed by atoms with Crippen LogP contribution in [0.2, 0.25) is 0 Å². The molecule has 0 saturated carbocycles. The smallest absolute Gasteiger partial charge is 0.416 e. The van der Waals surface area contributed by atoms with Gasteiger partial charge in [-0.05, 0) is 55.5 Å². The van der Waals surface area contributed by atoms with E-state index in [-0.39, 0.29) is 5.91 Å². The zero-order valence-corrected chi connectivity index (χ0v) is 20.5. The number of rotatable bonds is 6. The molecule has 3 aromatic carbocycles. The first-order valence-corrected chi connectivity index (χ1v) is 12.3. The molecule has 8 heteroatoms. The molecule has 1 aliphatic rings. The normalized spacial score (nSPS) is 14.2. The quantitative estimate of drug-likeness (QED) is 0.373. The van der Waals surface area contributed by atoms with E-state index in [4.69, 9.17) is 4.74 Å². The van der Waals surface area contributed by atoms with Crippen molar-refractivity contribution in [1.82, 2.24) is 4.90 Å². The number of alkyl halides is 3. The summed E-state index contributed by atoms with van der Waals surface area (Å²) in [6.07, 6.45) is -4.38. The van der Waals surface area contributed by atoms with Crippen LogP contribution in [0.25, 0.3) is 0 Å². The molecular formula is C27H27F3N2O2S. The maximum atomic E-state index is 13.2. The predicted octanol–water partition coefficient (Wildman–Crippen LogP) is 6.28. The molecule has 1 aliphatic heterocycles. The summed E-state index contributed by atoms with van der Waals surface area (Å²) in [4.78, 5) is 18.0. The Bertz CT molecular complexity index is 1170. The van der Waals surface area contributed by atoms with Crippen LogP contribution in [0.4, 0.5) is 18.9 Å². The second-order valence-corrected chi connectivity index (χ2v) is 9.50. The van der Waals surface area contributed by atoms with Crippen LogP contribution in [0.5, 0.6) is 5.75 Å². The Balaban J connectivity index is 1.41. The number of hydrogen-bond donors (Lipinski definition) is 0. The van der Waals surface area contributed by atoms with Crippen molar-refractivity contribution < 1.29 is 22.7 Å². The second-order valence-electron chi connectivity index (χ2n) is 8.46. The van der Waals surface area contributed by atoms with Gasteiger partial charge in [0.15, 0.2) is 0 Å². The van der Waals surface area contributed by atoms with Gasteiger partial charge in [-0.2, -0.15) is 13.2 Å². The molecule has 0 atom stereocenters. The Labute approximate surface area is 207 Å². The lowest BCUT2D eigenvalue weighted by Crippen LogP contribution is -2.48. The zero-order chi connectivity index (χ0) is 25.0. The number of carbonyl (C=O) groups is 1. The third-order valence-corrected chi connectivity index (χ3v) is 7.11. The fourth-order valence-corrected chi connectivity index (χ4v) is 4.93. The molecule has 0 radical (unpaired) electrons. The number of thioether (sulfide) groups is 1. The Hall–Kier alpha value is -3.13. The number of carbonyl (C=O) groups excluding carboxylic acids is 1. The Morgan fingerprint density at radius 1 is 0.971 bits per heavy atom. The summed E-state index contributed by atoms with van der Waals surface area (Å²) in [5.74, 6) is 1.31. The van der Waals surface area contributed by atoms with Crippen molar-refractivity contribution in [3.05, 3.63) is 89.0 Å². The van der Waals surface area contributed by atoms with E-state index in [2.05, 4.69) is 24.3 Å². The lowest BCUT2D eigenvalue weighted by molar-refractivity contribution is -0.137. The van der Waals surface area contributed by atoms with Crippen LogP contribution in [-0.2, 0) is 11.9 Å². The second kappa shape index (κ2) is 10.6. The van der Waals surface area contributed by atoms with Crippen LogP contribution in [0.1, 0.15) is 27.0 Å². The van der Waals surface area contributed by atoms with Crippen LogP contribution >= 0.6 is 11.8 Å². The SMILES string of the molecule is COc1ccc(C(=O)N2CCN(c3cccc(C(F)(F)F)c3)CC2)cc1CSc1ccc(C)cc1. The van der Waals surface area contributed by atoms with Gasteiger partial charge in [0.2, 0.25) is 0 Å². The van der Waals surface area contributed by atoms with Gasteiger partial charge in [0, 0.05) is 53.6 Å². The van der Waals surface area contributed by atoms with Crippen molar-refractivity contribution in [2.24, 2.45) is 0 Å². The van der Waals surface area contributed by atoms with Gasteiger partial charge in [0.25, 0.3) is 5.91 Å². The van der Waals surface area contributed by atoms with Gasteiger partial charge in [-0.15, -0.1) is 11.8 Å². The third-order valence-electron chi connectivity index (χ3n) is 6.05. The molecular weight excluding hydrogens is 473 g/mol. The highest BCUT2D eigenvalue weighted by Gasteiger charge is 2.31. The molecule has 35 heavy (non-hydrogen) atoms. The minimum absolute atomic E-state index is 0.0852. The Kier molecular flexibility index (Phi) is 7.60. The summed E-state index contributed by atoms with van der Waals surface area (Å²) in [5.41, 5.74) is 2.58. The monoisotopic (exact) mass is 500 g/mol. The average molecular weight is 501 g/mol. The number of ether oxygens (including phenoxy) is 1. The predicted molar refractivity (Wildman–Crippen MR) is 133 cm³/mol. The van der Waals surface area contributed by atoms with Gasteiger partial charge >= 0.3 is 6.18 Å². The lowest BCUT2D eigenvalue weighted by atomic mass is 10.1. The molecule has 0 spiro atoms. The first-order chi connectivity index (χ1) is 16.7. The van der Waals surface area contributed by atoms with E-state index >= 15 is 0 Å². The molecule has 184 valence electrons. The van der Waals surface area contributed by atoms with Crippen LogP contribution in [-0.4, -0.2) is 44.1 Å². The van der Waals surface area contributed by atoms with Gasteiger partial charge in [-0.1, -0.05) is 23.8 Å². The maximum absolute atomic E-state index is 13.2. The number of anilines is 1. The van der Waals surface area contributed by atoms with Gasteiger partial charge in [0.05, 0.1) is 12.7 Å². The average Bonchev–Trinajstić information content (AvgIpc) is 2.87. The molecule has 1 fully saturated rings. The summed E-state index contributed by atoms with van der Waals surface area (Å²) >= 11 is 1.68. The molecule has 0 aliphatic carbocycles. The van der Waals surface area contributed by atoms with E-state index in [1.54, 1.807) is 35.9 Å². The van der Waals surface area contributed by atoms with E-state index in [0.717, 1.165) is 22.3 Å². The summed E-state index contributed by atoms with van der Waals surface area (Å²) in [5, 5.41) is 0. The number of benzene rings is 3. The van der Waals surface area contributed by atoms with Crippen LogP contribution in [0, 0.1) is 6.92 Å². The number of hydrogen-bond acceptors (Lipinski definition) is 4. The Morgan fingerprint density at radius 3 is 2.34 bits per heavy atom. The highest BCUT2D eigenvalue weighted by molar-refractivity contribution is 7.98. The molecule has 0 aromatic heterocycles. The van der Waals surface area contributed by atoms with E-state index in [0.29, 0.717) is 43.2 Å². The molecule has 1 heterocycles. The summed E-state index contributed by atoms with van der Waals surface area (Å²) in [6, 6.07) is 19.1. The number of halogens is 3. The number of methoxy groups -OCH3 is 1. The molecule has 3 aromatic rings. The number of piperazine rings is 1. The van der Waals surface area contributed by atoms with Gasteiger partial charge in [-0.3, -0.25) is 4.79 Å². The Morgan fingerprint density at radius 2 is 1.69 bits per heavy atom. The molecule has 0 bridgehead atoms. The highest BCUT2D eigenvalue weighted by atomic mass is 32.2. The number of nitrogens with zero attached hydrogens (tertiary/aromatic N) is 2. The van der Waals surface area contributed by atoms with Crippen molar-refractivity contribution in [2.75, 3.05) is 38.2 Å². The number of amides is 1. The van der Waals surface area contributed by atoms with Gasteiger partial charge in [-0.25, -0.2) is 0 Å². The third kappa shape index (κ3) is 6.11. The van der Waals surface area contributed by atoms with E-state index in [1.807, 2.05) is 24.0 Å². The fraction of sp³-hybridized carbons (Fsp3) is 0.296. The molecule has 4 rings (SSSR count). The van der Waals surface area contributed by atoms with Gasteiger partial charge in [0.1, 0.15) is 5.75 Å². The van der Waals surface area contributed by atoms with E-state index < -0.39 is 11.7 Å².